The smallest absolute Gasteiger partial charge is 0.275 e. The summed E-state index contributed by atoms with van der Waals surface area (Å²) in [4.78, 5) is 19.9. The van der Waals surface area contributed by atoms with E-state index >= 15 is 0 Å². The first-order valence-corrected chi connectivity index (χ1v) is 10.9. The molecule has 4 nitrogen and oxygen atoms in total. The second kappa shape index (κ2) is 7.86. The Labute approximate surface area is 161 Å². The highest BCUT2D eigenvalue weighted by Crippen LogP contribution is 2.30. The van der Waals surface area contributed by atoms with Crippen LogP contribution in [0.15, 0.2) is 41.8 Å². The van der Waals surface area contributed by atoms with Crippen LogP contribution in [-0.4, -0.2) is 30.5 Å². The number of nitrogens with zero attached hydrogens (tertiary/aromatic N) is 1. The van der Waals surface area contributed by atoms with E-state index in [1.54, 1.807) is 11.3 Å². The molecular formula is C20H24N3OS2+. The number of nitrogens with one attached hydrogen (secondary N) is 2. The van der Waals surface area contributed by atoms with Gasteiger partial charge in [0.1, 0.15) is 5.01 Å². The van der Waals surface area contributed by atoms with E-state index in [2.05, 4.69) is 41.9 Å². The van der Waals surface area contributed by atoms with Crippen LogP contribution in [0.25, 0.3) is 10.2 Å². The molecule has 1 unspecified atom stereocenters. The zero-order valence-electron chi connectivity index (χ0n) is 14.9. The van der Waals surface area contributed by atoms with Gasteiger partial charge in [0.25, 0.3) is 5.91 Å². The van der Waals surface area contributed by atoms with Crippen LogP contribution < -0.4 is 10.2 Å². The van der Waals surface area contributed by atoms with E-state index in [-0.39, 0.29) is 11.9 Å². The van der Waals surface area contributed by atoms with E-state index in [9.17, 15) is 4.79 Å². The Morgan fingerprint density at radius 1 is 1.35 bits per heavy atom. The van der Waals surface area contributed by atoms with Crippen molar-refractivity contribution in [2.24, 2.45) is 0 Å². The summed E-state index contributed by atoms with van der Waals surface area (Å²) in [5, 5.41) is 6.43. The number of amides is 1. The predicted molar refractivity (Wildman–Crippen MR) is 108 cm³/mol. The molecule has 0 saturated carbocycles. The minimum absolute atomic E-state index is 0.0896. The van der Waals surface area contributed by atoms with Gasteiger partial charge in [-0.25, -0.2) is 4.98 Å². The van der Waals surface area contributed by atoms with Gasteiger partial charge in [-0.3, -0.25) is 4.79 Å². The predicted octanol–water partition coefficient (Wildman–Crippen LogP) is 3.00. The number of thiazole rings is 1. The van der Waals surface area contributed by atoms with Gasteiger partial charge in [-0.2, -0.15) is 0 Å². The van der Waals surface area contributed by atoms with Gasteiger partial charge in [-0.1, -0.05) is 18.2 Å². The third-order valence-corrected chi connectivity index (χ3v) is 7.29. The molecule has 3 aromatic rings. The molecule has 3 heterocycles. The standard InChI is InChI=1S/C20H23N3OS2/c1-14(17-9-5-11-25-17)21-19(24)13-23-10-4-6-15(12-23)20-22-16-7-2-3-8-18(16)26-20/h2-3,5,7-9,11,14-15H,4,6,10,12-13H2,1H3,(H,21,24)/p+1/t14-,15-/m0/s1. The number of para-hydroxylation sites is 1. The van der Waals surface area contributed by atoms with Crippen molar-refractivity contribution in [1.82, 2.24) is 10.3 Å². The summed E-state index contributed by atoms with van der Waals surface area (Å²) in [5.41, 5.74) is 1.10. The van der Waals surface area contributed by atoms with E-state index < -0.39 is 0 Å². The van der Waals surface area contributed by atoms with Gasteiger partial charge in [0.15, 0.2) is 6.54 Å². The van der Waals surface area contributed by atoms with Crippen molar-refractivity contribution < 1.29 is 9.69 Å². The molecule has 136 valence electrons. The molecule has 2 aromatic heterocycles. The Bertz CT molecular complexity index is 841. The number of aromatic nitrogens is 1. The zero-order valence-corrected chi connectivity index (χ0v) is 16.5. The molecule has 1 fully saturated rings. The van der Waals surface area contributed by atoms with Crippen molar-refractivity contribution in [3.05, 3.63) is 51.7 Å². The summed E-state index contributed by atoms with van der Waals surface area (Å²) in [5.74, 6) is 0.615. The fourth-order valence-electron chi connectivity index (χ4n) is 3.72. The van der Waals surface area contributed by atoms with Crippen molar-refractivity contribution in [3.8, 4) is 0 Å². The van der Waals surface area contributed by atoms with E-state index in [0.717, 1.165) is 25.0 Å². The van der Waals surface area contributed by atoms with Gasteiger partial charge in [0, 0.05) is 4.88 Å². The normalized spacial score (nSPS) is 21.6. The summed E-state index contributed by atoms with van der Waals surface area (Å²) in [6.07, 6.45) is 2.33. The molecule has 0 bridgehead atoms. The van der Waals surface area contributed by atoms with Gasteiger partial charge in [-0.05, 0) is 43.3 Å². The second-order valence-electron chi connectivity index (χ2n) is 7.04. The third kappa shape index (κ3) is 3.98. The summed E-state index contributed by atoms with van der Waals surface area (Å²) >= 11 is 3.50. The lowest BCUT2D eigenvalue weighted by Crippen LogP contribution is -3.14. The average molecular weight is 387 g/mol. The SMILES string of the molecule is C[C@H](NC(=O)C[NH+]1CCC[C@H](c2nc3ccccc3s2)C1)c1cccs1. The number of piperidine rings is 1. The molecule has 26 heavy (non-hydrogen) atoms. The maximum atomic E-state index is 12.5. The van der Waals surface area contributed by atoms with Crippen LogP contribution >= 0.6 is 22.7 Å². The highest BCUT2D eigenvalue weighted by molar-refractivity contribution is 7.18. The van der Waals surface area contributed by atoms with Gasteiger partial charge in [-0.15, -0.1) is 22.7 Å². The highest BCUT2D eigenvalue weighted by Gasteiger charge is 2.28. The Hall–Kier alpha value is -1.76. The molecule has 0 radical (unpaired) electrons. The Balaban J connectivity index is 1.36. The Morgan fingerprint density at radius 3 is 3.04 bits per heavy atom. The van der Waals surface area contributed by atoms with Crippen LogP contribution in [0.4, 0.5) is 0 Å². The monoisotopic (exact) mass is 386 g/mol. The van der Waals surface area contributed by atoms with Gasteiger partial charge in [0.2, 0.25) is 0 Å². The van der Waals surface area contributed by atoms with Crippen molar-refractivity contribution in [3.63, 3.8) is 0 Å². The first-order chi connectivity index (χ1) is 12.7. The second-order valence-corrected chi connectivity index (χ2v) is 9.09. The van der Waals surface area contributed by atoms with E-state index in [1.165, 1.54) is 25.9 Å². The van der Waals surface area contributed by atoms with Crippen molar-refractivity contribution in [1.29, 1.82) is 0 Å². The van der Waals surface area contributed by atoms with Crippen LogP contribution in [0.2, 0.25) is 0 Å². The van der Waals surface area contributed by atoms with Crippen LogP contribution in [0.3, 0.4) is 0 Å². The molecule has 0 spiro atoms. The molecule has 1 aliphatic heterocycles. The number of fused-ring (bicyclic) bond motifs is 1. The molecule has 1 saturated heterocycles. The van der Waals surface area contributed by atoms with Gasteiger partial charge in [0.05, 0.1) is 35.3 Å². The van der Waals surface area contributed by atoms with Crippen LogP contribution in [0.5, 0.6) is 0 Å². The first kappa shape index (κ1) is 17.6. The molecule has 2 N–H and O–H groups in total. The molecule has 4 rings (SSSR count). The third-order valence-electron chi connectivity index (χ3n) is 5.04. The van der Waals surface area contributed by atoms with Crippen molar-refractivity contribution >= 4 is 38.8 Å². The number of hydrogen-bond acceptors (Lipinski definition) is 4. The lowest BCUT2D eigenvalue weighted by molar-refractivity contribution is -0.898. The lowest BCUT2D eigenvalue weighted by atomic mass is 9.99. The lowest BCUT2D eigenvalue weighted by Gasteiger charge is -2.28. The number of thiophene rings is 1. The number of carbonyl (C=O) groups excluding carboxylic acids is 1. The average Bonchev–Trinajstić information content (AvgIpc) is 3.31. The first-order valence-electron chi connectivity index (χ1n) is 9.21. The number of carbonyl (C=O) groups is 1. The van der Waals surface area contributed by atoms with Crippen LogP contribution in [0, 0.1) is 0 Å². The largest absolute Gasteiger partial charge is 0.344 e. The molecule has 1 aliphatic rings. The van der Waals surface area contributed by atoms with Gasteiger partial charge >= 0.3 is 0 Å². The quantitative estimate of drug-likeness (QED) is 0.708. The van der Waals surface area contributed by atoms with E-state index in [1.807, 2.05) is 23.5 Å². The molecule has 1 amide bonds. The van der Waals surface area contributed by atoms with Crippen LogP contribution in [-0.2, 0) is 4.79 Å². The molecular weight excluding hydrogens is 362 g/mol. The number of benzene rings is 1. The Morgan fingerprint density at radius 2 is 2.23 bits per heavy atom. The topological polar surface area (TPSA) is 46.4 Å². The zero-order chi connectivity index (χ0) is 17.9. The number of likely N-dealkylation sites (tertiary alicyclic amines) is 1. The summed E-state index contributed by atoms with van der Waals surface area (Å²) in [6.45, 7) is 4.68. The van der Waals surface area contributed by atoms with E-state index in [4.69, 9.17) is 4.98 Å². The van der Waals surface area contributed by atoms with Gasteiger partial charge < -0.3 is 10.2 Å². The van der Waals surface area contributed by atoms with E-state index in [0.29, 0.717) is 12.5 Å². The number of quaternary nitrogens is 1. The molecule has 6 heteroatoms. The maximum absolute atomic E-state index is 12.5. The molecule has 0 aliphatic carbocycles. The minimum Gasteiger partial charge on any atom is -0.344 e. The summed E-state index contributed by atoms with van der Waals surface area (Å²) in [7, 11) is 0. The van der Waals surface area contributed by atoms with Crippen molar-refractivity contribution in [2.45, 2.75) is 31.7 Å². The molecule has 3 atom stereocenters. The maximum Gasteiger partial charge on any atom is 0.275 e. The summed E-state index contributed by atoms with van der Waals surface area (Å²) < 4.78 is 1.26. The number of rotatable bonds is 5. The minimum atomic E-state index is 0.0896. The van der Waals surface area contributed by atoms with Crippen molar-refractivity contribution in [2.75, 3.05) is 19.6 Å². The fraction of sp³-hybridized carbons (Fsp3) is 0.400. The Kier molecular flexibility index (Phi) is 5.33. The fourth-order valence-corrected chi connectivity index (χ4v) is 5.55. The molecule has 1 aromatic carbocycles. The highest BCUT2D eigenvalue weighted by atomic mass is 32.1. The summed E-state index contributed by atoms with van der Waals surface area (Å²) in [6, 6.07) is 12.5. The number of hydrogen-bond donors (Lipinski definition) is 2. The van der Waals surface area contributed by atoms with Crippen LogP contribution in [0.1, 0.15) is 41.6 Å².